The summed E-state index contributed by atoms with van der Waals surface area (Å²) >= 11 is 0. The first-order valence-electron chi connectivity index (χ1n) is 6.63. The number of carbonyl (C=O) groups excluding carboxylic acids is 1. The molecule has 0 spiro atoms. The van der Waals surface area contributed by atoms with Crippen LogP contribution in [0, 0.1) is 0 Å². The van der Waals surface area contributed by atoms with Gasteiger partial charge in [0.15, 0.2) is 0 Å². The summed E-state index contributed by atoms with van der Waals surface area (Å²) in [7, 11) is 1.41. The zero-order valence-corrected chi connectivity index (χ0v) is 11.5. The number of rotatable bonds is 7. The zero-order valence-electron chi connectivity index (χ0n) is 11.5. The largest absolute Gasteiger partial charge is 0.468 e. The van der Waals surface area contributed by atoms with Gasteiger partial charge in [-0.1, -0.05) is 30.3 Å². The summed E-state index contributed by atoms with van der Waals surface area (Å²) in [6.45, 7) is 1.60. The standard InChI is InChI=1S/C15H19N3O2/c1-20-15(19)14(13-6-3-2-4-7-13)17-8-5-10-18-11-9-16-12-18/h2-4,6-7,9,11-12,14,17H,5,8,10H2,1H3/t14-/m1/s1. The molecule has 20 heavy (non-hydrogen) atoms. The van der Waals surface area contributed by atoms with Gasteiger partial charge in [0.1, 0.15) is 6.04 Å². The Labute approximate surface area is 118 Å². The zero-order chi connectivity index (χ0) is 14.2. The maximum absolute atomic E-state index is 11.8. The predicted octanol–water partition coefficient (Wildman–Crippen LogP) is 1.78. The van der Waals surface area contributed by atoms with E-state index in [4.69, 9.17) is 4.74 Å². The minimum Gasteiger partial charge on any atom is -0.468 e. The molecular weight excluding hydrogens is 254 g/mol. The molecule has 0 aliphatic carbocycles. The summed E-state index contributed by atoms with van der Waals surface area (Å²) in [6.07, 6.45) is 6.38. The van der Waals surface area contributed by atoms with E-state index in [9.17, 15) is 4.79 Å². The third-order valence-corrected chi connectivity index (χ3v) is 3.07. The molecule has 0 saturated heterocycles. The molecule has 0 radical (unpaired) electrons. The molecule has 0 saturated carbocycles. The van der Waals surface area contributed by atoms with Gasteiger partial charge in [0.05, 0.1) is 13.4 Å². The molecule has 0 aliphatic rings. The average Bonchev–Trinajstić information content (AvgIpc) is 3.01. The van der Waals surface area contributed by atoms with Crippen LogP contribution in [0.5, 0.6) is 0 Å². The number of methoxy groups -OCH3 is 1. The molecule has 5 nitrogen and oxygen atoms in total. The second-order valence-electron chi connectivity index (χ2n) is 4.48. The quantitative estimate of drug-likeness (QED) is 0.617. The topological polar surface area (TPSA) is 56.1 Å². The van der Waals surface area contributed by atoms with Crippen molar-refractivity contribution in [1.82, 2.24) is 14.9 Å². The minimum atomic E-state index is -0.413. The van der Waals surface area contributed by atoms with E-state index in [1.807, 2.05) is 41.1 Å². The number of nitrogens with zero attached hydrogens (tertiary/aromatic N) is 2. The van der Waals surface area contributed by atoms with Gasteiger partial charge in [-0.2, -0.15) is 0 Å². The second kappa shape index (κ2) is 7.45. The van der Waals surface area contributed by atoms with E-state index < -0.39 is 6.04 Å². The number of imidazole rings is 1. The summed E-state index contributed by atoms with van der Waals surface area (Å²) in [4.78, 5) is 15.8. The van der Waals surface area contributed by atoms with Gasteiger partial charge in [-0.25, -0.2) is 9.78 Å². The van der Waals surface area contributed by atoms with Crippen molar-refractivity contribution in [1.29, 1.82) is 0 Å². The Bertz CT molecular complexity index is 511. The number of benzene rings is 1. The van der Waals surface area contributed by atoms with Gasteiger partial charge >= 0.3 is 5.97 Å². The number of esters is 1. The predicted molar refractivity (Wildman–Crippen MR) is 76.0 cm³/mol. The Morgan fingerprint density at radius 2 is 2.20 bits per heavy atom. The van der Waals surface area contributed by atoms with Crippen LogP contribution in [0.3, 0.4) is 0 Å². The fourth-order valence-electron chi connectivity index (χ4n) is 2.03. The number of ether oxygens (including phenoxy) is 1. The molecule has 106 valence electrons. The van der Waals surface area contributed by atoms with Crippen molar-refractivity contribution in [3.63, 3.8) is 0 Å². The van der Waals surface area contributed by atoms with Gasteiger partial charge in [-0.15, -0.1) is 0 Å². The first-order chi connectivity index (χ1) is 9.81. The Morgan fingerprint density at radius 1 is 1.40 bits per heavy atom. The normalized spacial score (nSPS) is 12.1. The molecule has 0 aliphatic heterocycles. The first-order valence-corrected chi connectivity index (χ1v) is 6.63. The molecule has 1 aromatic heterocycles. The maximum Gasteiger partial charge on any atom is 0.327 e. The molecule has 1 heterocycles. The van der Waals surface area contributed by atoms with E-state index in [-0.39, 0.29) is 5.97 Å². The highest BCUT2D eigenvalue weighted by Gasteiger charge is 2.19. The van der Waals surface area contributed by atoms with Crippen molar-refractivity contribution in [2.45, 2.75) is 19.0 Å². The van der Waals surface area contributed by atoms with Crippen molar-refractivity contribution in [3.05, 3.63) is 54.6 Å². The van der Waals surface area contributed by atoms with Crippen LogP contribution in [0.15, 0.2) is 49.1 Å². The summed E-state index contributed by atoms with van der Waals surface area (Å²) in [6, 6.07) is 9.19. The van der Waals surface area contributed by atoms with Crippen LogP contribution >= 0.6 is 0 Å². The molecule has 5 heteroatoms. The lowest BCUT2D eigenvalue weighted by Crippen LogP contribution is -2.30. The smallest absolute Gasteiger partial charge is 0.327 e. The number of carbonyl (C=O) groups is 1. The summed E-state index contributed by atoms with van der Waals surface area (Å²) < 4.78 is 6.86. The number of hydrogen-bond donors (Lipinski definition) is 1. The Kier molecular flexibility index (Phi) is 5.32. The molecule has 2 aromatic rings. The summed E-state index contributed by atoms with van der Waals surface area (Å²) in [5.74, 6) is -0.265. The summed E-state index contributed by atoms with van der Waals surface area (Å²) in [5.41, 5.74) is 0.919. The number of hydrogen-bond acceptors (Lipinski definition) is 4. The molecule has 0 amide bonds. The van der Waals surface area contributed by atoms with E-state index in [1.165, 1.54) is 7.11 Å². The van der Waals surface area contributed by atoms with Crippen molar-refractivity contribution in [2.24, 2.45) is 0 Å². The molecule has 2 rings (SSSR count). The van der Waals surface area contributed by atoms with Crippen molar-refractivity contribution < 1.29 is 9.53 Å². The third kappa shape index (κ3) is 3.93. The molecule has 1 aromatic carbocycles. The van der Waals surface area contributed by atoms with Crippen LogP contribution in [-0.2, 0) is 16.1 Å². The van der Waals surface area contributed by atoms with E-state index in [0.29, 0.717) is 0 Å². The van der Waals surface area contributed by atoms with Crippen molar-refractivity contribution in [2.75, 3.05) is 13.7 Å². The van der Waals surface area contributed by atoms with E-state index in [2.05, 4.69) is 10.3 Å². The highest BCUT2D eigenvalue weighted by Crippen LogP contribution is 2.13. The van der Waals surface area contributed by atoms with Gasteiger partial charge in [0.25, 0.3) is 0 Å². The molecular formula is C15H19N3O2. The van der Waals surface area contributed by atoms with Crippen molar-refractivity contribution >= 4 is 5.97 Å². The number of aromatic nitrogens is 2. The van der Waals surface area contributed by atoms with Gasteiger partial charge in [0, 0.05) is 18.9 Å². The molecule has 0 bridgehead atoms. The fraction of sp³-hybridized carbons (Fsp3) is 0.333. The Hall–Kier alpha value is -2.14. The van der Waals surface area contributed by atoms with Gasteiger partial charge < -0.3 is 14.6 Å². The molecule has 0 unspecified atom stereocenters. The van der Waals surface area contributed by atoms with Gasteiger partial charge in [0.2, 0.25) is 0 Å². The van der Waals surface area contributed by atoms with Gasteiger partial charge in [-0.05, 0) is 18.5 Å². The minimum absolute atomic E-state index is 0.265. The SMILES string of the molecule is COC(=O)[C@H](NCCCn1ccnc1)c1ccccc1. The lowest BCUT2D eigenvalue weighted by molar-refractivity contribution is -0.143. The van der Waals surface area contributed by atoms with Crippen LogP contribution in [0.25, 0.3) is 0 Å². The van der Waals surface area contributed by atoms with Crippen LogP contribution in [-0.4, -0.2) is 29.2 Å². The van der Waals surface area contributed by atoms with E-state index >= 15 is 0 Å². The van der Waals surface area contributed by atoms with Crippen LogP contribution in [0.4, 0.5) is 0 Å². The Balaban J connectivity index is 1.87. The van der Waals surface area contributed by atoms with E-state index in [1.54, 1.807) is 12.5 Å². The maximum atomic E-state index is 11.8. The van der Waals surface area contributed by atoms with Crippen LogP contribution in [0.1, 0.15) is 18.0 Å². The van der Waals surface area contributed by atoms with E-state index in [0.717, 1.165) is 25.1 Å². The average molecular weight is 273 g/mol. The van der Waals surface area contributed by atoms with Crippen LogP contribution < -0.4 is 5.32 Å². The Morgan fingerprint density at radius 3 is 2.85 bits per heavy atom. The lowest BCUT2D eigenvalue weighted by Gasteiger charge is -2.16. The van der Waals surface area contributed by atoms with Crippen molar-refractivity contribution in [3.8, 4) is 0 Å². The first kappa shape index (κ1) is 14.3. The monoisotopic (exact) mass is 273 g/mol. The highest BCUT2D eigenvalue weighted by atomic mass is 16.5. The molecule has 0 fully saturated rings. The van der Waals surface area contributed by atoms with Crippen LogP contribution in [0.2, 0.25) is 0 Å². The molecule has 1 N–H and O–H groups in total. The summed E-state index contributed by atoms with van der Waals surface area (Å²) in [5, 5.41) is 3.24. The third-order valence-electron chi connectivity index (χ3n) is 3.07. The highest BCUT2D eigenvalue weighted by molar-refractivity contribution is 5.77. The number of nitrogens with one attached hydrogen (secondary N) is 1. The van der Waals surface area contributed by atoms with Gasteiger partial charge in [-0.3, -0.25) is 0 Å². The number of aryl methyl sites for hydroxylation is 1. The second-order valence-corrected chi connectivity index (χ2v) is 4.48. The fourth-order valence-corrected chi connectivity index (χ4v) is 2.03. The molecule has 1 atom stereocenters. The lowest BCUT2D eigenvalue weighted by atomic mass is 10.1.